The molecule has 0 radical (unpaired) electrons. The number of phenolic OH excluding ortho intramolecular Hbond substituents is 2. The van der Waals surface area contributed by atoms with Crippen molar-refractivity contribution >= 4 is 69.5 Å². The molecule has 0 aromatic heterocycles. The van der Waals surface area contributed by atoms with Gasteiger partial charge in [-0.3, -0.25) is 4.79 Å². The van der Waals surface area contributed by atoms with Crippen LogP contribution < -0.4 is 4.74 Å². The second-order valence-corrected chi connectivity index (χ2v) is 7.63. The fourth-order valence-electron chi connectivity index (χ4n) is 1.84. The number of benzene rings is 2. The van der Waals surface area contributed by atoms with Crippen molar-refractivity contribution in [3.63, 3.8) is 0 Å². The predicted molar refractivity (Wildman–Crippen MR) is 97.0 cm³/mol. The van der Waals surface area contributed by atoms with Gasteiger partial charge >= 0.3 is 0 Å². The lowest BCUT2D eigenvalue weighted by molar-refractivity contribution is 0.103. The van der Waals surface area contributed by atoms with Crippen LogP contribution in [0.4, 0.5) is 0 Å². The van der Waals surface area contributed by atoms with Crippen LogP contribution in [0.25, 0.3) is 0 Å². The highest BCUT2D eigenvalue weighted by molar-refractivity contribution is 9.11. The Morgan fingerprint density at radius 1 is 0.955 bits per heavy atom. The first-order chi connectivity index (χ1) is 10.3. The molecule has 8 heteroatoms. The molecule has 0 aliphatic rings. The lowest BCUT2D eigenvalue weighted by Gasteiger charge is -2.13. The third-order valence-corrected chi connectivity index (χ3v) is 5.26. The zero-order chi connectivity index (χ0) is 16.6. The van der Waals surface area contributed by atoms with Crippen molar-refractivity contribution in [1.29, 1.82) is 0 Å². The zero-order valence-electron chi connectivity index (χ0n) is 11.0. The highest BCUT2D eigenvalue weighted by Gasteiger charge is 2.24. The number of halogens is 4. The van der Waals surface area contributed by atoms with E-state index in [0.29, 0.717) is 19.2 Å². The van der Waals surface area contributed by atoms with Crippen LogP contribution in [0, 0.1) is 0 Å². The van der Waals surface area contributed by atoms with Gasteiger partial charge in [-0.25, -0.2) is 0 Å². The van der Waals surface area contributed by atoms with Crippen LogP contribution in [0.2, 0.25) is 0 Å². The van der Waals surface area contributed by atoms with Gasteiger partial charge in [0.15, 0.2) is 5.75 Å². The van der Waals surface area contributed by atoms with Crippen LogP contribution in [-0.4, -0.2) is 23.1 Å². The fourth-order valence-corrected chi connectivity index (χ4v) is 4.50. The maximum absolute atomic E-state index is 12.7. The number of ketones is 1. The van der Waals surface area contributed by atoms with E-state index < -0.39 is 5.78 Å². The monoisotopic (exact) mass is 556 g/mol. The minimum Gasteiger partial charge on any atom is -0.506 e. The van der Waals surface area contributed by atoms with Gasteiger partial charge in [0.2, 0.25) is 5.78 Å². The summed E-state index contributed by atoms with van der Waals surface area (Å²) in [4.78, 5) is 12.7. The Bertz CT molecular complexity index is 774. The van der Waals surface area contributed by atoms with Crippen molar-refractivity contribution in [3.05, 3.63) is 47.2 Å². The summed E-state index contributed by atoms with van der Waals surface area (Å²) in [5.74, 6) is -0.619. The van der Waals surface area contributed by atoms with Gasteiger partial charge in [-0.15, -0.1) is 0 Å². The number of methoxy groups -OCH3 is 1. The first kappa shape index (κ1) is 17.8. The van der Waals surface area contributed by atoms with E-state index in [9.17, 15) is 15.0 Å². The highest BCUT2D eigenvalue weighted by Crippen LogP contribution is 2.43. The molecule has 0 heterocycles. The molecule has 0 amide bonds. The van der Waals surface area contributed by atoms with Gasteiger partial charge in [0.25, 0.3) is 0 Å². The van der Waals surface area contributed by atoms with Gasteiger partial charge in [-0.2, -0.15) is 0 Å². The van der Waals surface area contributed by atoms with Gasteiger partial charge in [-0.05, 0) is 66.0 Å². The van der Waals surface area contributed by atoms with E-state index >= 15 is 0 Å². The molecule has 22 heavy (non-hydrogen) atoms. The average molecular weight is 560 g/mol. The molecule has 2 rings (SSSR count). The van der Waals surface area contributed by atoms with Crippen LogP contribution in [0.15, 0.2) is 36.1 Å². The number of ether oxygens (including phenoxy) is 1. The SMILES string of the molecule is COc1c(Br)cc(C(=O)c2cc(Br)cc(Br)c2O)c(O)c1Br. The molecule has 4 nitrogen and oxygen atoms in total. The van der Waals surface area contributed by atoms with E-state index in [-0.39, 0.29) is 27.1 Å². The Morgan fingerprint density at radius 2 is 1.55 bits per heavy atom. The largest absolute Gasteiger partial charge is 0.506 e. The van der Waals surface area contributed by atoms with Crippen LogP contribution in [0.3, 0.4) is 0 Å². The Kier molecular flexibility index (Phi) is 5.58. The van der Waals surface area contributed by atoms with Crippen molar-refractivity contribution in [1.82, 2.24) is 0 Å². The van der Waals surface area contributed by atoms with Crippen molar-refractivity contribution in [3.8, 4) is 17.2 Å². The number of rotatable bonds is 3. The number of carbonyl (C=O) groups excluding carboxylic acids is 1. The number of aromatic hydroxyl groups is 2. The van der Waals surface area contributed by atoms with Crippen molar-refractivity contribution < 1.29 is 19.7 Å². The summed E-state index contributed by atoms with van der Waals surface area (Å²) in [5.41, 5.74) is 0.0837. The third-order valence-electron chi connectivity index (χ3n) is 2.87. The molecule has 0 unspecified atom stereocenters. The van der Waals surface area contributed by atoms with Gasteiger partial charge in [0.1, 0.15) is 16.0 Å². The summed E-state index contributed by atoms with van der Waals surface area (Å²) in [6, 6.07) is 4.54. The summed E-state index contributed by atoms with van der Waals surface area (Å²) in [6.07, 6.45) is 0. The molecule has 0 saturated carbocycles. The van der Waals surface area contributed by atoms with E-state index in [1.54, 1.807) is 6.07 Å². The minimum absolute atomic E-state index is 0.0276. The molecule has 0 atom stereocenters. The molecule has 0 saturated heterocycles. The van der Waals surface area contributed by atoms with E-state index in [0.717, 1.165) is 0 Å². The van der Waals surface area contributed by atoms with Gasteiger partial charge < -0.3 is 14.9 Å². The Labute approximate surface area is 160 Å². The number of hydrogen-bond donors (Lipinski definition) is 2. The molecule has 2 aromatic rings. The van der Waals surface area contributed by atoms with Gasteiger partial charge in [0.05, 0.1) is 27.2 Å². The Hall–Kier alpha value is -0.570. The Balaban J connectivity index is 2.65. The number of phenols is 2. The van der Waals surface area contributed by atoms with Gasteiger partial charge in [0, 0.05) is 4.47 Å². The maximum atomic E-state index is 12.7. The third kappa shape index (κ3) is 3.20. The van der Waals surface area contributed by atoms with Crippen molar-refractivity contribution in [2.24, 2.45) is 0 Å². The minimum atomic E-state index is -0.527. The van der Waals surface area contributed by atoms with Crippen molar-refractivity contribution in [2.45, 2.75) is 0 Å². The highest BCUT2D eigenvalue weighted by atomic mass is 79.9. The van der Waals surface area contributed by atoms with Gasteiger partial charge in [-0.1, -0.05) is 15.9 Å². The zero-order valence-corrected chi connectivity index (χ0v) is 17.3. The van der Waals surface area contributed by atoms with E-state index in [1.165, 1.54) is 19.2 Å². The molecule has 2 N–H and O–H groups in total. The molecule has 0 bridgehead atoms. The summed E-state index contributed by atoms with van der Waals surface area (Å²) >= 11 is 12.9. The first-order valence-corrected chi connectivity index (χ1v) is 8.92. The summed E-state index contributed by atoms with van der Waals surface area (Å²) < 4.78 is 6.87. The molecule has 0 aliphatic heterocycles. The van der Waals surface area contributed by atoms with E-state index in [1.807, 2.05) is 0 Å². The first-order valence-electron chi connectivity index (χ1n) is 5.75. The lowest BCUT2D eigenvalue weighted by Crippen LogP contribution is -2.04. The molecule has 116 valence electrons. The standard InChI is InChI=1S/C14H8Br4O4/c1-22-14-9(17)4-7(13(21)10(14)18)11(19)6-2-5(15)3-8(16)12(6)20/h2-4,20-21H,1H3. The maximum Gasteiger partial charge on any atom is 0.200 e. The lowest BCUT2D eigenvalue weighted by atomic mass is 10.0. The quantitative estimate of drug-likeness (QED) is 0.495. The van der Waals surface area contributed by atoms with E-state index in [4.69, 9.17) is 4.74 Å². The van der Waals surface area contributed by atoms with Crippen LogP contribution >= 0.6 is 63.7 Å². The predicted octanol–water partition coefficient (Wildman–Crippen LogP) is 5.39. The van der Waals surface area contributed by atoms with Crippen LogP contribution in [0.1, 0.15) is 15.9 Å². The molecule has 0 spiro atoms. The molecule has 0 aliphatic carbocycles. The molecular weight excluding hydrogens is 552 g/mol. The topological polar surface area (TPSA) is 66.8 Å². The number of carbonyl (C=O) groups is 1. The van der Waals surface area contributed by atoms with Crippen molar-refractivity contribution in [2.75, 3.05) is 7.11 Å². The Morgan fingerprint density at radius 3 is 2.14 bits per heavy atom. The normalized spacial score (nSPS) is 10.6. The number of hydrogen-bond acceptors (Lipinski definition) is 4. The molecule has 0 fully saturated rings. The second kappa shape index (κ2) is 6.90. The van der Waals surface area contributed by atoms with Crippen LogP contribution in [0.5, 0.6) is 17.2 Å². The second-order valence-electron chi connectivity index (χ2n) is 4.21. The van der Waals surface area contributed by atoms with E-state index in [2.05, 4.69) is 63.7 Å². The molecular formula is C14H8Br4O4. The fraction of sp³-hybridized carbons (Fsp3) is 0.0714. The summed E-state index contributed by atoms with van der Waals surface area (Å²) in [5, 5.41) is 20.3. The smallest absolute Gasteiger partial charge is 0.200 e. The van der Waals surface area contributed by atoms with Crippen LogP contribution in [-0.2, 0) is 0 Å². The summed E-state index contributed by atoms with van der Waals surface area (Å²) in [6.45, 7) is 0. The summed E-state index contributed by atoms with van der Waals surface area (Å²) in [7, 11) is 1.45. The molecule has 2 aromatic carbocycles. The average Bonchev–Trinajstić information content (AvgIpc) is 2.46.